The van der Waals surface area contributed by atoms with Crippen LogP contribution in [0.1, 0.15) is 13.8 Å². The highest BCUT2D eigenvalue weighted by atomic mass is 79.9. The van der Waals surface area contributed by atoms with E-state index in [1.54, 1.807) is 6.21 Å². The summed E-state index contributed by atoms with van der Waals surface area (Å²) in [6.45, 7) is 3.81. The average Bonchev–Trinajstić information content (AvgIpc) is 1.68. The molecule has 0 unspecified atom stereocenters. The summed E-state index contributed by atoms with van der Waals surface area (Å²) in [5.41, 5.74) is 0. The van der Waals surface area contributed by atoms with E-state index < -0.39 is 0 Å². The first-order valence-electron chi connectivity index (χ1n) is 2.11. The summed E-state index contributed by atoms with van der Waals surface area (Å²) >= 11 is 3.20. The molecule has 0 N–H and O–H groups in total. The minimum absolute atomic E-state index is 0.884. The van der Waals surface area contributed by atoms with Gasteiger partial charge in [0.25, 0.3) is 0 Å². The predicted molar refractivity (Wildman–Crippen MR) is 36.9 cm³/mol. The van der Waals surface area contributed by atoms with Gasteiger partial charge in [0.05, 0.1) is 0 Å². The number of hydrogen-bond acceptors (Lipinski definition) is 1. The zero-order valence-electron chi connectivity index (χ0n) is 4.48. The zero-order valence-corrected chi connectivity index (χ0v) is 6.07. The van der Waals surface area contributed by atoms with Crippen molar-refractivity contribution in [3.63, 3.8) is 0 Å². The third kappa shape index (κ3) is 3.73. The molecule has 0 spiro atoms. The first kappa shape index (κ1) is 6.89. The second-order valence-corrected chi connectivity index (χ2v) is 1.81. The van der Waals surface area contributed by atoms with Crippen molar-refractivity contribution in [1.29, 1.82) is 0 Å². The van der Waals surface area contributed by atoms with Crippen LogP contribution in [-0.4, -0.2) is 6.21 Å². The smallest absolute Gasteiger partial charge is 0.101 e. The topological polar surface area (TPSA) is 12.4 Å². The van der Waals surface area contributed by atoms with Crippen LogP contribution in [0.2, 0.25) is 0 Å². The van der Waals surface area contributed by atoms with Crippen LogP contribution in [-0.2, 0) is 0 Å². The highest BCUT2D eigenvalue weighted by Gasteiger charge is 1.73. The standard InChI is InChI=1S/C5H8BrN/c1-3-5(6)7-4-2/h3-4H,1-2H3. The number of hydrogen-bond donors (Lipinski definition) is 0. The summed E-state index contributed by atoms with van der Waals surface area (Å²) in [7, 11) is 0. The van der Waals surface area contributed by atoms with Crippen molar-refractivity contribution in [2.75, 3.05) is 0 Å². The normalized spacial score (nSPS) is 13.3. The summed E-state index contributed by atoms with van der Waals surface area (Å²) in [6, 6.07) is 0. The van der Waals surface area contributed by atoms with Crippen molar-refractivity contribution in [2.45, 2.75) is 13.8 Å². The molecule has 40 valence electrons. The number of halogens is 1. The minimum atomic E-state index is 0.884. The SMILES string of the molecule is CC=NC(Br)=CC. The first-order valence-corrected chi connectivity index (χ1v) is 2.91. The molecule has 1 nitrogen and oxygen atoms in total. The molecule has 0 saturated heterocycles. The van der Waals surface area contributed by atoms with E-state index in [0.29, 0.717) is 0 Å². The minimum Gasteiger partial charge on any atom is -0.254 e. The maximum atomic E-state index is 3.90. The fraction of sp³-hybridized carbons (Fsp3) is 0.400. The zero-order chi connectivity index (χ0) is 5.70. The van der Waals surface area contributed by atoms with Crippen LogP contribution in [0.3, 0.4) is 0 Å². The molecule has 0 aromatic rings. The summed E-state index contributed by atoms with van der Waals surface area (Å²) < 4.78 is 0.884. The van der Waals surface area contributed by atoms with Crippen LogP contribution < -0.4 is 0 Å². The van der Waals surface area contributed by atoms with Crippen LogP contribution in [0, 0.1) is 0 Å². The third-order valence-corrected chi connectivity index (χ3v) is 1.15. The molecule has 0 saturated carbocycles. The Morgan fingerprint density at radius 1 is 1.57 bits per heavy atom. The van der Waals surface area contributed by atoms with E-state index in [1.807, 2.05) is 19.9 Å². The first-order chi connectivity index (χ1) is 3.31. The molecule has 0 aliphatic heterocycles. The predicted octanol–water partition coefficient (Wildman–Crippen LogP) is 2.33. The van der Waals surface area contributed by atoms with Crippen molar-refractivity contribution < 1.29 is 0 Å². The molecular weight excluding hydrogens is 154 g/mol. The van der Waals surface area contributed by atoms with E-state index in [9.17, 15) is 0 Å². The number of nitrogens with zero attached hydrogens (tertiary/aromatic N) is 1. The van der Waals surface area contributed by atoms with Gasteiger partial charge in [0.2, 0.25) is 0 Å². The summed E-state index contributed by atoms with van der Waals surface area (Å²) in [5, 5.41) is 0. The lowest BCUT2D eigenvalue weighted by Crippen LogP contribution is -1.59. The van der Waals surface area contributed by atoms with E-state index in [0.717, 1.165) is 4.61 Å². The molecule has 2 heteroatoms. The van der Waals surface area contributed by atoms with Gasteiger partial charge in [0.1, 0.15) is 4.61 Å². The number of aliphatic imine (C=N–C) groups is 1. The van der Waals surface area contributed by atoms with Gasteiger partial charge in [-0.05, 0) is 29.8 Å². The van der Waals surface area contributed by atoms with Crippen LogP contribution in [0.4, 0.5) is 0 Å². The lowest BCUT2D eigenvalue weighted by Gasteiger charge is -1.79. The average molecular weight is 162 g/mol. The van der Waals surface area contributed by atoms with Gasteiger partial charge >= 0.3 is 0 Å². The highest BCUT2D eigenvalue weighted by Crippen LogP contribution is 2.02. The Hall–Kier alpha value is -0.110. The number of allylic oxidation sites excluding steroid dienone is 1. The highest BCUT2D eigenvalue weighted by molar-refractivity contribution is 9.11. The molecule has 0 aliphatic rings. The lowest BCUT2D eigenvalue weighted by atomic mass is 10.7. The second-order valence-electron chi connectivity index (χ2n) is 0.999. The quantitative estimate of drug-likeness (QED) is 0.414. The van der Waals surface area contributed by atoms with Crippen molar-refractivity contribution in [3.8, 4) is 0 Å². The molecule has 0 rings (SSSR count). The van der Waals surface area contributed by atoms with Gasteiger partial charge in [0.15, 0.2) is 0 Å². The molecule has 7 heavy (non-hydrogen) atoms. The largest absolute Gasteiger partial charge is 0.254 e. The second kappa shape index (κ2) is 4.06. The van der Waals surface area contributed by atoms with Crippen molar-refractivity contribution >= 4 is 22.1 Å². The van der Waals surface area contributed by atoms with E-state index in [-0.39, 0.29) is 0 Å². The molecule has 0 aromatic carbocycles. The van der Waals surface area contributed by atoms with Gasteiger partial charge in [-0.3, -0.25) is 4.99 Å². The van der Waals surface area contributed by atoms with Crippen molar-refractivity contribution in [2.24, 2.45) is 4.99 Å². The van der Waals surface area contributed by atoms with Gasteiger partial charge in [-0.25, -0.2) is 0 Å². The Morgan fingerprint density at radius 2 is 2.14 bits per heavy atom. The Morgan fingerprint density at radius 3 is 2.29 bits per heavy atom. The van der Waals surface area contributed by atoms with Crippen LogP contribution in [0.25, 0.3) is 0 Å². The Kier molecular flexibility index (Phi) is 4.00. The van der Waals surface area contributed by atoms with Gasteiger partial charge in [0, 0.05) is 6.21 Å². The molecule has 0 aliphatic carbocycles. The van der Waals surface area contributed by atoms with E-state index in [1.165, 1.54) is 0 Å². The molecule has 0 radical (unpaired) electrons. The Bertz CT molecular complexity index is 94.3. The molecule has 0 atom stereocenters. The monoisotopic (exact) mass is 161 g/mol. The fourth-order valence-electron chi connectivity index (χ4n) is 0.198. The van der Waals surface area contributed by atoms with Gasteiger partial charge in [-0.2, -0.15) is 0 Å². The van der Waals surface area contributed by atoms with E-state index in [2.05, 4.69) is 20.9 Å². The van der Waals surface area contributed by atoms with Crippen LogP contribution >= 0.6 is 15.9 Å². The van der Waals surface area contributed by atoms with E-state index in [4.69, 9.17) is 0 Å². The molecule has 0 amide bonds. The van der Waals surface area contributed by atoms with Crippen molar-refractivity contribution in [3.05, 3.63) is 10.7 Å². The van der Waals surface area contributed by atoms with Crippen LogP contribution in [0.15, 0.2) is 15.7 Å². The maximum absolute atomic E-state index is 3.90. The van der Waals surface area contributed by atoms with Gasteiger partial charge in [-0.1, -0.05) is 6.08 Å². The molecule has 0 aromatic heterocycles. The van der Waals surface area contributed by atoms with E-state index >= 15 is 0 Å². The Labute approximate surface area is 52.3 Å². The fourth-order valence-corrected chi connectivity index (χ4v) is 0.403. The molecular formula is C5H8BrN. The number of rotatable bonds is 1. The maximum Gasteiger partial charge on any atom is 0.101 e. The van der Waals surface area contributed by atoms with Gasteiger partial charge in [-0.15, -0.1) is 0 Å². The van der Waals surface area contributed by atoms with Gasteiger partial charge < -0.3 is 0 Å². The molecule has 0 bridgehead atoms. The summed E-state index contributed by atoms with van der Waals surface area (Å²) in [5.74, 6) is 0. The Balaban J connectivity index is 3.58. The lowest BCUT2D eigenvalue weighted by molar-refractivity contribution is 1.50. The molecule has 0 fully saturated rings. The third-order valence-electron chi connectivity index (χ3n) is 0.491. The van der Waals surface area contributed by atoms with Crippen molar-refractivity contribution in [1.82, 2.24) is 0 Å². The van der Waals surface area contributed by atoms with Crippen LogP contribution in [0.5, 0.6) is 0 Å². The molecule has 0 heterocycles. The summed E-state index contributed by atoms with van der Waals surface area (Å²) in [4.78, 5) is 3.90. The summed E-state index contributed by atoms with van der Waals surface area (Å²) in [6.07, 6.45) is 3.63.